The number of aryl methyl sites for hydroxylation is 1. The summed E-state index contributed by atoms with van der Waals surface area (Å²) >= 11 is 0. The second-order valence-electron chi connectivity index (χ2n) is 9.59. The molecule has 0 N–H and O–H groups in total. The van der Waals surface area contributed by atoms with E-state index in [1.165, 1.54) is 38.5 Å². The largest absolute Gasteiger partial charge is 0.204 e. The van der Waals surface area contributed by atoms with Crippen molar-refractivity contribution in [3.63, 3.8) is 0 Å². The lowest BCUT2D eigenvalue weighted by Gasteiger charge is -2.26. The van der Waals surface area contributed by atoms with Gasteiger partial charge >= 0.3 is 0 Å². The van der Waals surface area contributed by atoms with Crippen molar-refractivity contribution >= 4 is 6.08 Å². The van der Waals surface area contributed by atoms with Crippen molar-refractivity contribution in [2.45, 2.75) is 84.5 Å². The highest BCUT2D eigenvalue weighted by Crippen LogP contribution is 2.33. The van der Waals surface area contributed by atoms with Crippen LogP contribution < -0.4 is 0 Å². The van der Waals surface area contributed by atoms with Crippen LogP contribution in [0.25, 0.3) is 6.08 Å². The first-order valence-electron chi connectivity index (χ1n) is 12.5. The highest BCUT2D eigenvalue weighted by molar-refractivity contribution is 5.52. The standard InChI is InChI=1S/C29H36F4/c1-3-5-6-8-20-9-11-21(12-10-20)13-14-25-17-23(19-27(31)29(25)33)15-22-16-24(7-4-2)28(32)26(30)18-22/h13-14,16-21H,3-12,15H2,1-2H3. The minimum absolute atomic E-state index is 0.214. The van der Waals surface area contributed by atoms with E-state index in [1.807, 2.05) is 13.0 Å². The molecule has 0 heterocycles. The summed E-state index contributed by atoms with van der Waals surface area (Å²) in [5.74, 6) is -2.31. The van der Waals surface area contributed by atoms with Crippen LogP contribution in [0.3, 0.4) is 0 Å². The topological polar surface area (TPSA) is 0 Å². The van der Waals surface area contributed by atoms with Gasteiger partial charge in [0.1, 0.15) is 0 Å². The lowest BCUT2D eigenvalue weighted by molar-refractivity contribution is 0.290. The Morgan fingerprint density at radius 1 is 0.788 bits per heavy atom. The number of hydrogen-bond acceptors (Lipinski definition) is 0. The molecule has 0 saturated heterocycles. The van der Waals surface area contributed by atoms with E-state index in [2.05, 4.69) is 6.92 Å². The van der Waals surface area contributed by atoms with E-state index in [0.717, 1.165) is 30.9 Å². The van der Waals surface area contributed by atoms with Crippen LogP contribution in [0.5, 0.6) is 0 Å². The highest BCUT2D eigenvalue weighted by Gasteiger charge is 2.19. The van der Waals surface area contributed by atoms with Gasteiger partial charge in [-0.15, -0.1) is 0 Å². The summed E-state index contributed by atoms with van der Waals surface area (Å²) in [5.41, 5.74) is 1.63. The molecule has 1 fully saturated rings. The van der Waals surface area contributed by atoms with Crippen LogP contribution in [0.2, 0.25) is 0 Å². The van der Waals surface area contributed by atoms with Gasteiger partial charge in [0.15, 0.2) is 23.3 Å². The summed E-state index contributed by atoms with van der Waals surface area (Å²) in [5, 5.41) is 0. The smallest absolute Gasteiger partial charge is 0.166 e. The van der Waals surface area contributed by atoms with Gasteiger partial charge in [0.2, 0.25) is 0 Å². The molecule has 0 amide bonds. The maximum Gasteiger partial charge on any atom is 0.166 e. The Labute approximate surface area is 196 Å². The summed E-state index contributed by atoms with van der Waals surface area (Å²) in [6, 6.07) is 5.53. The Hall–Kier alpha value is -2.10. The quantitative estimate of drug-likeness (QED) is 0.245. The van der Waals surface area contributed by atoms with Gasteiger partial charge in [0.05, 0.1) is 0 Å². The highest BCUT2D eigenvalue weighted by atomic mass is 19.2. The summed E-state index contributed by atoms with van der Waals surface area (Å²) in [7, 11) is 0. The number of halogens is 4. The predicted octanol–water partition coefficient (Wildman–Crippen LogP) is 9.19. The molecule has 0 atom stereocenters. The molecule has 1 saturated carbocycles. The average Bonchev–Trinajstić information content (AvgIpc) is 2.79. The van der Waals surface area contributed by atoms with Crippen molar-refractivity contribution in [3.8, 4) is 0 Å². The third-order valence-corrected chi connectivity index (χ3v) is 6.86. The van der Waals surface area contributed by atoms with Crippen molar-refractivity contribution < 1.29 is 17.6 Å². The molecule has 0 nitrogen and oxygen atoms in total. The van der Waals surface area contributed by atoms with E-state index in [9.17, 15) is 17.6 Å². The maximum atomic E-state index is 14.5. The Bertz CT molecular complexity index is 939. The van der Waals surface area contributed by atoms with E-state index in [4.69, 9.17) is 0 Å². The number of allylic oxidation sites excluding steroid dienone is 1. The lowest BCUT2D eigenvalue weighted by Crippen LogP contribution is -2.13. The maximum absolute atomic E-state index is 14.5. The molecule has 1 aliphatic rings. The molecule has 0 aliphatic heterocycles. The van der Waals surface area contributed by atoms with Crippen molar-refractivity contribution in [3.05, 3.63) is 75.9 Å². The summed E-state index contributed by atoms with van der Waals surface area (Å²) < 4.78 is 56.7. The minimum atomic E-state index is -0.914. The molecule has 1 aliphatic carbocycles. The molecule has 0 radical (unpaired) electrons. The average molecular weight is 461 g/mol. The molecule has 33 heavy (non-hydrogen) atoms. The fraction of sp³-hybridized carbons (Fsp3) is 0.517. The molecular formula is C29H36F4. The summed E-state index contributed by atoms with van der Waals surface area (Å²) in [4.78, 5) is 0. The number of benzene rings is 2. The Balaban J connectivity index is 1.68. The SMILES string of the molecule is CCCCCC1CCC(C=Cc2cc(Cc3cc(F)c(F)c(CCC)c3)cc(F)c2F)CC1. The van der Waals surface area contributed by atoms with Gasteiger partial charge in [0.25, 0.3) is 0 Å². The van der Waals surface area contributed by atoms with Crippen LogP contribution in [-0.2, 0) is 12.8 Å². The fourth-order valence-electron chi connectivity index (χ4n) is 4.98. The summed E-state index contributed by atoms with van der Waals surface area (Å²) in [6.45, 7) is 4.12. The number of unbranched alkanes of at least 4 members (excludes halogenated alkanes) is 2. The van der Waals surface area contributed by atoms with Crippen LogP contribution in [-0.4, -0.2) is 0 Å². The van der Waals surface area contributed by atoms with Crippen LogP contribution in [0.4, 0.5) is 17.6 Å². The van der Waals surface area contributed by atoms with Crippen LogP contribution >= 0.6 is 0 Å². The third kappa shape index (κ3) is 7.19. The van der Waals surface area contributed by atoms with Gasteiger partial charge in [-0.3, -0.25) is 0 Å². The van der Waals surface area contributed by atoms with Crippen molar-refractivity contribution in [2.24, 2.45) is 11.8 Å². The van der Waals surface area contributed by atoms with E-state index in [0.29, 0.717) is 35.4 Å². The zero-order valence-electron chi connectivity index (χ0n) is 19.9. The lowest BCUT2D eigenvalue weighted by atomic mass is 9.79. The minimum Gasteiger partial charge on any atom is -0.204 e. The zero-order valence-corrected chi connectivity index (χ0v) is 19.9. The van der Waals surface area contributed by atoms with Gasteiger partial charge < -0.3 is 0 Å². The fourth-order valence-corrected chi connectivity index (χ4v) is 4.98. The van der Waals surface area contributed by atoms with Gasteiger partial charge in [-0.25, -0.2) is 17.6 Å². The first-order chi connectivity index (χ1) is 15.9. The van der Waals surface area contributed by atoms with E-state index in [1.54, 1.807) is 18.2 Å². The molecule has 0 spiro atoms. The normalized spacial score (nSPS) is 18.8. The second-order valence-corrected chi connectivity index (χ2v) is 9.59. The molecule has 3 rings (SSSR count). The Kier molecular flexibility index (Phi) is 9.58. The first kappa shape index (κ1) is 25.5. The van der Waals surface area contributed by atoms with Crippen LogP contribution in [0.1, 0.15) is 93.9 Å². The molecule has 2 aromatic carbocycles. The molecule has 2 aromatic rings. The van der Waals surface area contributed by atoms with E-state index >= 15 is 0 Å². The molecule has 0 unspecified atom stereocenters. The first-order valence-corrected chi connectivity index (χ1v) is 12.5. The number of rotatable bonds is 10. The third-order valence-electron chi connectivity index (χ3n) is 6.86. The van der Waals surface area contributed by atoms with Crippen LogP contribution in [0, 0.1) is 35.1 Å². The zero-order chi connectivity index (χ0) is 23.8. The molecule has 0 bridgehead atoms. The number of hydrogen-bond donors (Lipinski definition) is 0. The van der Waals surface area contributed by atoms with Crippen LogP contribution in [0.15, 0.2) is 30.3 Å². The molecule has 0 aromatic heterocycles. The molecular weight excluding hydrogens is 424 g/mol. The van der Waals surface area contributed by atoms with Crippen molar-refractivity contribution in [1.82, 2.24) is 0 Å². The van der Waals surface area contributed by atoms with Gasteiger partial charge in [-0.2, -0.15) is 0 Å². The van der Waals surface area contributed by atoms with Crippen molar-refractivity contribution in [2.75, 3.05) is 0 Å². The molecule has 180 valence electrons. The van der Waals surface area contributed by atoms with E-state index < -0.39 is 23.3 Å². The summed E-state index contributed by atoms with van der Waals surface area (Å²) in [6.07, 6.45) is 14.8. The molecule has 4 heteroatoms. The van der Waals surface area contributed by atoms with Gasteiger partial charge in [-0.05, 0) is 85.3 Å². The second kappa shape index (κ2) is 12.4. The van der Waals surface area contributed by atoms with E-state index in [-0.39, 0.29) is 12.0 Å². The van der Waals surface area contributed by atoms with Gasteiger partial charge in [0, 0.05) is 5.56 Å². The Morgan fingerprint density at radius 2 is 1.45 bits per heavy atom. The monoisotopic (exact) mass is 460 g/mol. The van der Waals surface area contributed by atoms with Crippen molar-refractivity contribution in [1.29, 1.82) is 0 Å². The predicted molar refractivity (Wildman–Crippen MR) is 128 cm³/mol. The van der Waals surface area contributed by atoms with Gasteiger partial charge in [-0.1, -0.05) is 64.2 Å². The Morgan fingerprint density at radius 3 is 2.12 bits per heavy atom.